The molecule has 0 aliphatic carbocycles. The highest BCUT2D eigenvalue weighted by Gasteiger charge is 2.11. The van der Waals surface area contributed by atoms with Crippen LogP contribution in [0.5, 0.6) is 0 Å². The lowest BCUT2D eigenvalue weighted by atomic mass is 10.1. The van der Waals surface area contributed by atoms with Gasteiger partial charge in [0.05, 0.1) is 11.6 Å². The summed E-state index contributed by atoms with van der Waals surface area (Å²) in [7, 11) is 0. The van der Waals surface area contributed by atoms with E-state index in [0.29, 0.717) is 22.6 Å². The Morgan fingerprint density at radius 2 is 2.10 bits per heavy atom. The number of carbonyl (C=O) groups is 1. The molecule has 106 valence electrons. The lowest BCUT2D eigenvalue weighted by Gasteiger charge is -2.10. The molecule has 0 aliphatic rings. The largest absolute Gasteiger partial charge is 0.384 e. The van der Waals surface area contributed by atoms with Crippen LogP contribution in [-0.4, -0.2) is 10.9 Å². The minimum Gasteiger partial charge on any atom is -0.384 e. The highest BCUT2D eigenvalue weighted by Crippen LogP contribution is 2.18. The normalized spacial score (nSPS) is 10.2. The number of benzene rings is 1. The van der Waals surface area contributed by atoms with E-state index in [9.17, 15) is 4.79 Å². The van der Waals surface area contributed by atoms with Crippen LogP contribution in [0.25, 0.3) is 0 Å². The number of nitrogen functional groups attached to an aromatic ring is 1. The van der Waals surface area contributed by atoms with Gasteiger partial charge in [0.1, 0.15) is 5.82 Å². The first-order chi connectivity index (χ1) is 9.99. The summed E-state index contributed by atoms with van der Waals surface area (Å²) >= 11 is 0. The van der Waals surface area contributed by atoms with Gasteiger partial charge in [-0.3, -0.25) is 4.79 Å². The van der Waals surface area contributed by atoms with E-state index in [1.807, 2.05) is 19.9 Å². The van der Waals surface area contributed by atoms with Gasteiger partial charge in [-0.25, -0.2) is 4.98 Å². The van der Waals surface area contributed by atoms with E-state index in [1.165, 1.54) is 6.07 Å². The van der Waals surface area contributed by atoms with Gasteiger partial charge in [-0.05, 0) is 36.2 Å². The SMILES string of the molecule is CC(C)c1cc(C(=O)Nc2cccc(C#N)c2)cc(N)n1. The lowest BCUT2D eigenvalue weighted by Crippen LogP contribution is -2.14. The van der Waals surface area contributed by atoms with Gasteiger partial charge >= 0.3 is 0 Å². The fourth-order valence-electron chi connectivity index (χ4n) is 1.87. The number of amides is 1. The zero-order valence-electron chi connectivity index (χ0n) is 11.9. The minimum atomic E-state index is -0.277. The van der Waals surface area contributed by atoms with Crippen LogP contribution in [0.1, 0.15) is 41.4 Å². The summed E-state index contributed by atoms with van der Waals surface area (Å²) in [5.74, 6) is 0.222. The molecule has 0 aliphatic heterocycles. The standard InChI is InChI=1S/C16H16N4O/c1-10(2)14-7-12(8-15(18)20-14)16(21)19-13-5-3-4-11(6-13)9-17/h3-8,10H,1-2H3,(H2,18,20)(H,19,21). The number of anilines is 2. The molecule has 0 saturated carbocycles. The van der Waals surface area contributed by atoms with Crippen LogP contribution in [0.15, 0.2) is 36.4 Å². The smallest absolute Gasteiger partial charge is 0.255 e. The Morgan fingerprint density at radius 3 is 2.76 bits per heavy atom. The topological polar surface area (TPSA) is 91.8 Å². The van der Waals surface area contributed by atoms with E-state index in [4.69, 9.17) is 11.0 Å². The maximum Gasteiger partial charge on any atom is 0.255 e. The van der Waals surface area contributed by atoms with Crippen molar-refractivity contribution in [2.75, 3.05) is 11.1 Å². The molecular formula is C16H16N4O. The Labute approximate surface area is 123 Å². The zero-order chi connectivity index (χ0) is 15.4. The number of nitrogens with two attached hydrogens (primary N) is 1. The van der Waals surface area contributed by atoms with Crippen LogP contribution in [0, 0.1) is 11.3 Å². The van der Waals surface area contributed by atoms with E-state index in [2.05, 4.69) is 10.3 Å². The second-order valence-corrected chi connectivity index (χ2v) is 5.01. The maximum atomic E-state index is 12.3. The molecule has 1 aromatic heterocycles. The molecule has 3 N–H and O–H groups in total. The average Bonchev–Trinajstić information content (AvgIpc) is 2.46. The Bertz CT molecular complexity index is 716. The van der Waals surface area contributed by atoms with Crippen molar-refractivity contribution in [2.24, 2.45) is 0 Å². The molecule has 0 bridgehead atoms. The third-order valence-electron chi connectivity index (χ3n) is 2.97. The van der Waals surface area contributed by atoms with Crippen LogP contribution in [0.2, 0.25) is 0 Å². The van der Waals surface area contributed by atoms with Crippen molar-refractivity contribution < 1.29 is 4.79 Å². The number of aromatic nitrogens is 1. The highest BCUT2D eigenvalue weighted by atomic mass is 16.1. The summed E-state index contributed by atoms with van der Waals surface area (Å²) in [4.78, 5) is 16.5. The second kappa shape index (κ2) is 6.06. The van der Waals surface area contributed by atoms with Crippen LogP contribution in [-0.2, 0) is 0 Å². The van der Waals surface area contributed by atoms with Gasteiger partial charge in [0.2, 0.25) is 0 Å². The van der Waals surface area contributed by atoms with Crippen molar-refractivity contribution in [1.82, 2.24) is 4.98 Å². The predicted molar refractivity (Wildman–Crippen MR) is 81.8 cm³/mol. The van der Waals surface area contributed by atoms with E-state index in [1.54, 1.807) is 30.3 Å². The van der Waals surface area contributed by atoms with Gasteiger partial charge in [-0.2, -0.15) is 5.26 Å². The minimum absolute atomic E-state index is 0.182. The molecule has 0 fully saturated rings. The Hall–Kier alpha value is -2.87. The summed E-state index contributed by atoms with van der Waals surface area (Å²) in [6.45, 7) is 3.97. The number of nitrogens with zero attached hydrogens (tertiary/aromatic N) is 2. The molecule has 5 heteroatoms. The third-order valence-corrected chi connectivity index (χ3v) is 2.97. The molecule has 5 nitrogen and oxygen atoms in total. The number of carbonyl (C=O) groups excluding carboxylic acids is 1. The molecule has 0 radical (unpaired) electrons. The fraction of sp³-hybridized carbons (Fsp3) is 0.188. The summed E-state index contributed by atoms with van der Waals surface area (Å²) in [6, 6.07) is 12.0. The van der Waals surface area contributed by atoms with Crippen LogP contribution in [0.3, 0.4) is 0 Å². The number of hydrogen-bond donors (Lipinski definition) is 2. The molecular weight excluding hydrogens is 264 g/mol. The van der Waals surface area contributed by atoms with Crippen LogP contribution >= 0.6 is 0 Å². The number of rotatable bonds is 3. The molecule has 0 spiro atoms. The molecule has 0 unspecified atom stereocenters. The fourth-order valence-corrected chi connectivity index (χ4v) is 1.87. The zero-order valence-corrected chi connectivity index (χ0v) is 11.9. The van der Waals surface area contributed by atoms with Gasteiger partial charge < -0.3 is 11.1 Å². The molecule has 0 atom stereocenters. The number of nitriles is 1. The summed E-state index contributed by atoms with van der Waals surface area (Å²) < 4.78 is 0. The Balaban J connectivity index is 2.26. The van der Waals surface area contributed by atoms with Gasteiger partial charge in [-0.15, -0.1) is 0 Å². The molecule has 21 heavy (non-hydrogen) atoms. The van der Waals surface area contributed by atoms with Crippen molar-refractivity contribution in [3.8, 4) is 6.07 Å². The first kappa shape index (κ1) is 14.5. The maximum absolute atomic E-state index is 12.3. The molecule has 2 aromatic rings. The highest BCUT2D eigenvalue weighted by molar-refractivity contribution is 6.04. The van der Waals surface area contributed by atoms with Crippen LogP contribution in [0.4, 0.5) is 11.5 Å². The second-order valence-electron chi connectivity index (χ2n) is 5.01. The first-order valence-corrected chi connectivity index (χ1v) is 6.58. The van der Waals surface area contributed by atoms with E-state index < -0.39 is 0 Å². The lowest BCUT2D eigenvalue weighted by molar-refractivity contribution is 0.102. The molecule has 0 saturated heterocycles. The molecule has 1 heterocycles. The van der Waals surface area contributed by atoms with Gasteiger partial charge in [0, 0.05) is 16.9 Å². The number of hydrogen-bond acceptors (Lipinski definition) is 4. The number of pyridine rings is 1. The average molecular weight is 280 g/mol. The van der Waals surface area contributed by atoms with Crippen molar-refractivity contribution in [1.29, 1.82) is 5.26 Å². The third kappa shape index (κ3) is 3.57. The Morgan fingerprint density at radius 1 is 1.33 bits per heavy atom. The Kier molecular flexibility index (Phi) is 4.19. The summed E-state index contributed by atoms with van der Waals surface area (Å²) in [6.07, 6.45) is 0. The van der Waals surface area contributed by atoms with E-state index in [0.717, 1.165) is 5.69 Å². The quantitative estimate of drug-likeness (QED) is 0.904. The van der Waals surface area contributed by atoms with Crippen LogP contribution < -0.4 is 11.1 Å². The van der Waals surface area contributed by atoms with Gasteiger partial charge in [0.25, 0.3) is 5.91 Å². The number of nitrogens with one attached hydrogen (secondary N) is 1. The predicted octanol–water partition coefficient (Wildman–Crippen LogP) is 2.91. The van der Waals surface area contributed by atoms with Gasteiger partial charge in [-0.1, -0.05) is 19.9 Å². The van der Waals surface area contributed by atoms with E-state index in [-0.39, 0.29) is 11.8 Å². The monoisotopic (exact) mass is 280 g/mol. The summed E-state index contributed by atoms with van der Waals surface area (Å²) in [5, 5.41) is 11.6. The summed E-state index contributed by atoms with van der Waals surface area (Å²) in [5.41, 5.74) is 8.02. The van der Waals surface area contributed by atoms with Crippen molar-refractivity contribution in [3.05, 3.63) is 53.2 Å². The molecule has 2 rings (SSSR count). The molecule has 1 amide bonds. The van der Waals surface area contributed by atoms with Crippen molar-refractivity contribution >= 4 is 17.4 Å². The van der Waals surface area contributed by atoms with Gasteiger partial charge in [0.15, 0.2) is 0 Å². The van der Waals surface area contributed by atoms with Crippen molar-refractivity contribution in [3.63, 3.8) is 0 Å². The van der Waals surface area contributed by atoms with Crippen molar-refractivity contribution in [2.45, 2.75) is 19.8 Å². The molecule has 1 aromatic carbocycles. The first-order valence-electron chi connectivity index (χ1n) is 6.58. The van der Waals surface area contributed by atoms with E-state index >= 15 is 0 Å².